The molecule has 0 atom stereocenters. The highest BCUT2D eigenvalue weighted by atomic mass is 16.6. The number of aromatic nitrogens is 1. The summed E-state index contributed by atoms with van der Waals surface area (Å²) in [5.41, 5.74) is 9.16. The molecule has 2 aromatic rings. The molecule has 1 aromatic carbocycles. The van der Waals surface area contributed by atoms with Crippen LogP contribution in [-0.4, -0.2) is 18.2 Å². The lowest BCUT2D eigenvalue weighted by Gasteiger charge is -2.19. The minimum Gasteiger partial charge on any atom is -0.486 e. The molecule has 0 radical (unpaired) electrons. The monoisotopic (exact) mass is 256 g/mol. The Labute approximate surface area is 111 Å². The molecule has 0 amide bonds. The van der Waals surface area contributed by atoms with E-state index in [4.69, 9.17) is 20.2 Å². The second-order valence-corrected chi connectivity index (χ2v) is 5.20. The molecule has 2 heterocycles. The van der Waals surface area contributed by atoms with E-state index in [0.717, 1.165) is 28.0 Å². The molecule has 4 rings (SSSR count). The molecule has 4 nitrogen and oxygen atoms in total. The number of hydrogen-bond donors (Lipinski definition) is 1. The smallest absolute Gasteiger partial charge is 0.163 e. The van der Waals surface area contributed by atoms with Gasteiger partial charge in [0.05, 0.1) is 5.52 Å². The van der Waals surface area contributed by atoms with Gasteiger partial charge in [0.1, 0.15) is 13.2 Å². The van der Waals surface area contributed by atoms with Gasteiger partial charge >= 0.3 is 0 Å². The lowest BCUT2D eigenvalue weighted by Crippen LogP contribution is -2.15. The summed E-state index contributed by atoms with van der Waals surface area (Å²) in [7, 11) is 0. The minimum absolute atomic E-state index is 0.526. The maximum atomic E-state index is 5.88. The minimum atomic E-state index is 0.526. The van der Waals surface area contributed by atoms with E-state index in [1.54, 1.807) is 0 Å². The Morgan fingerprint density at radius 1 is 1.11 bits per heavy atom. The normalized spacial score (nSPS) is 17.7. The van der Waals surface area contributed by atoms with Crippen LogP contribution < -0.4 is 15.2 Å². The Morgan fingerprint density at radius 3 is 2.53 bits per heavy atom. The summed E-state index contributed by atoms with van der Waals surface area (Å²) < 4.78 is 11.3. The van der Waals surface area contributed by atoms with E-state index in [-0.39, 0.29) is 0 Å². The molecule has 0 unspecified atom stereocenters. The van der Waals surface area contributed by atoms with Crippen molar-refractivity contribution in [2.24, 2.45) is 5.73 Å². The molecule has 19 heavy (non-hydrogen) atoms. The first kappa shape index (κ1) is 11.1. The van der Waals surface area contributed by atoms with Crippen LogP contribution in [0.1, 0.15) is 30.0 Å². The van der Waals surface area contributed by atoms with E-state index in [0.29, 0.717) is 25.7 Å². The van der Waals surface area contributed by atoms with Gasteiger partial charge in [0, 0.05) is 29.6 Å². The molecule has 1 fully saturated rings. The lowest BCUT2D eigenvalue weighted by molar-refractivity contribution is 0.172. The van der Waals surface area contributed by atoms with Crippen molar-refractivity contribution >= 4 is 10.9 Å². The van der Waals surface area contributed by atoms with E-state index in [1.165, 1.54) is 18.5 Å². The zero-order valence-electron chi connectivity index (χ0n) is 10.7. The molecule has 0 bridgehead atoms. The Kier molecular flexibility index (Phi) is 2.38. The summed E-state index contributed by atoms with van der Waals surface area (Å²) in [5.74, 6) is 2.22. The molecule has 98 valence electrons. The van der Waals surface area contributed by atoms with Crippen LogP contribution in [0.3, 0.4) is 0 Å². The van der Waals surface area contributed by atoms with Crippen LogP contribution in [-0.2, 0) is 6.54 Å². The highest BCUT2D eigenvalue weighted by Crippen LogP contribution is 2.41. The van der Waals surface area contributed by atoms with Crippen LogP contribution in [0.15, 0.2) is 18.2 Å². The zero-order valence-corrected chi connectivity index (χ0v) is 10.7. The van der Waals surface area contributed by atoms with Crippen LogP contribution in [0.4, 0.5) is 0 Å². The first-order valence-corrected chi connectivity index (χ1v) is 6.78. The van der Waals surface area contributed by atoms with Crippen molar-refractivity contribution in [2.75, 3.05) is 13.2 Å². The van der Waals surface area contributed by atoms with Crippen molar-refractivity contribution in [3.05, 3.63) is 29.5 Å². The van der Waals surface area contributed by atoms with Crippen LogP contribution in [0.25, 0.3) is 10.9 Å². The van der Waals surface area contributed by atoms with E-state index in [9.17, 15) is 0 Å². The summed E-state index contributed by atoms with van der Waals surface area (Å²) in [6.45, 7) is 1.73. The van der Waals surface area contributed by atoms with Gasteiger partial charge < -0.3 is 15.2 Å². The van der Waals surface area contributed by atoms with E-state index in [1.807, 2.05) is 12.1 Å². The summed E-state index contributed by atoms with van der Waals surface area (Å²) in [4.78, 5) is 4.76. The van der Waals surface area contributed by atoms with Gasteiger partial charge in [-0.15, -0.1) is 0 Å². The standard InChI is InChI=1S/C15H16N2O2/c16-8-10-5-12(9-1-2-9)17-13-7-15-14(6-11(10)13)18-3-4-19-15/h5-7,9H,1-4,8,16H2. The molecular weight excluding hydrogens is 240 g/mol. The lowest BCUT2D eigenvalue weighted by atomic mass is 10.1. The number of hydrogen-bond acceptors (Lipinski definition) is 4. The zero-order chi connectivity index (χ0) is 12.8. The number of rotatable bonds is 2. The van der Waals surface area contributed by atoms with Gasteiger partial charge in [0.2, 0.25) is 0 Å². The number of ether oxygens (including phenoxy) is 2. The van der Waals surface area contributed by atoms with Crippen molar-refractivity contribution < 1.29 is 9.47 Å². The van der Waals surface area contributed by atoms with Gasteiger partial charge in [-0.1, -0.05) is 0 Å². The molecule has 2 N–H and O–H groups in total. The van der Waals surface area contributed by atoms with Gasteiger partial charge in [-0.3, -0.25) is 4.98 Å². The highest BCUT2D eigenvalue weighted by molar-refractivity contribution is 5.86. The van der Waals surface area contributed by atoms with Crippen molar-refractivity contribution in [1.29, 1.82) is 0 Å². The number of fused-ring (bicyclic) bond motifs is 2. The van der Waals surface area contributed by atoms with Crippen molar-refractivity contribution in [1.82, 2.24) is 4.98 Å². The number of benzene rings is 1. The van der Waals surface area contributed by atoms with Gasteiger partial charge in [-0.05, 0) is 30.5 Å². The van der Waals surface area contributed by atoms with E-state index >= 15 is 0 Å². The predicted molar refractivity (Wildman–Crippen MR) is 72.6 cm³/mol. The fourth-order valence-electron chi connectivity index (χ4n) is 2.61. The Hall–Kier alpha value is -1.81. The van der Waals surface area contributed by atoms with E-state index < -0.39 is 0 Å². The second kappa shape index (κ2) is 4.10. The maximum Gasteiger partial charge on any atom is 0.163 e. The third-order valence-electron chi connectivity index (χ3n) is 3.79. The van der Waals surface area contributed by atoms with Crippen LogP contribution in [0.2, 0.25) is 0 Å². The molecule has 1 saturated carbocycles. The predicted octanol–water partition coefficient (Wildman–Crippen LogP) is 2.34. The average Bonchev–Trinajstić information content (AvgIpc) is 3.28. The third kappa shape index (κ3) is 1.83. The van der Waals surface area contributed by atoms with Crippen LogP contribution >= 0.6 is 0 Å². The summed E-state index contributed by atoms with van der Waals surface area (Å²) in [6.07, 6.45) is 2.49. The summed E-state index contributed by atoms with van der Waals surface area (Å²) in [5, 5.41) is 1.08. The van der Waals surface area contributed by atoms with E-state index in [2.05, 4.69) is 6.07 Å². The van der Waals surface area contributed by atoms with Gasteiger partial charge in [0.15, 0.2) is 11.5 Å². The quantitative estimate of drug-likeness (QED) is 0.896. The molecule has 1 aliphatic carbocycles. The molecule has 2 aliphatic rings. The fraction of sp³-hybridized carbons (Fsp3) is 0.400. The van der Waals surface area contributed by atoms with Gasteiger partial charge in [0.25, 0.3) is 0 Å². The van der Waals surface area contributed by atoms with Crippen molar-refractivity contribution in [3.8, 4) is 11.5 Å². The summed E-state index contributed by atoms with van der Waals surface area (Å²) >= 11 is 0. The Morgan fingerprint density at radius 2 is 1.84 bits per heavy atom. The molecule has 4 heteroatoms. The first-order chi connectivity index (χ1) is 9.35. The molecule has 1 aliphatic heterocycles. The van der Waals surface area contributed by atoms with Crippen LogP contribution in [0.5, 0.6) is 11.5 Å². The maximum absolute atomic E-state index is 5.88. The van der Waals surface area contributed by atoms with Crippen LogP contribution in [0, 0.1) is 0 Å². The Balaban J connectivity index is 1.94. The fourth-order valence-corrected chi connectivity index (χ4v) is 2.61. The largest absolute Gasteiger partial charge is 0.486 e. The molecular formula is C15H16N2O2. The third-order valence-corrected chi connectivity index (χ3v) is 3.79. The van der Waals surface area contributed by atoms with Gasteiger partial charge in [-0.25, -0.2) is 0 Å². The van der Waals surface area contributed by atoms with Gasteiger partial charge in [-0.2, -0.15) is 0 Å². The number of nitrogens with two attached hydrogens (primary N) is 1. The number of pyridine rings is 1. The average molecular weight is 256 g/mol. The molecule has 0 saturated heterocycles. The SMILES string of the molecule is NCc1cc(C2CC2)nc2cc3c(cc12)OCCO3. The second-order valence-electron chi connectivity index (χ2n) is 5.20. The highest BCUT2D eigenvalue weighted by Gasteiger charge is 2.26. The van der Waals surface area contributed by atoms with Crippen molar-refractivity contribution in [3.63, 3.8) is 0 Å². The molecule has 0 spiro atoms. The Bertz CT molecular complexity index is 650. The topological polar surface area (TPSA) is 57.4 Å². The first-order valence-electron chi connectivity index (χ1n) is 6.78. The molecule has 1 aromatic heterocycles. The van der Waals surface area contributed by atoms with Crippen molar-refractivity contribution in [2.45, 2.75) is 25.3 Å². The summed E-state index contributed by atoms with van der Waals surface area (Å²) in [6, 6.07) is 6.14. The number of nitrogens with zero attached hydrogens (tertiary/aromatic N) is 1.